The molecule has 1 amide bonds. The topological polar surface area (TPSA) is 79.4 Å². The number of hydrogen-bond acceptors (Lipinski definition) is 4. The molecular formula is C22H22ClN3O3S. The molecular weight excluding hydrogens is 422 g/mol. The summed E-state index contributed by atoms with van der Waals surface area (Å²) in [6.07, 6.45) is 5.32. The summed E-state index contributed by atoms with van der Waals surface area (Å²) in [5.74, 6) is -0.443. The number of nitrogens with zero attached hydrogens (tertiary/aromatic N) is 2. The summed E-state index contributed by atoms with van der Waals surface area (Å²) >= 11 is 6.12. The Labute approximate surface area is 181 Å². The maximum Gasteiger partial charge on any atom is 0.245 e. The van der Waals surface area contributed by atoms with E-state index in [1.165, 1.54) is 0 Å². The van der Waals surface area contributed by atoms with Crippen molar-refractivity contribution in [2.24, 2.45) is 0 Å². The number of aromatic nitrogens is 1. The fraction of sp³-hybridized carbons (Fsp3) is 0.182. The van der Waals surface area contributed by atoms with Crippen LogP contribution in [0.25, 0.3) is 0 Å². The Morgan fingerprint density at radius 2 is 1.67 bits per heavy atom. The maximum absolute atomic E-state index is 12.6. The van der Waals surface area contributed by atoms with Gasteiger partial charge in [-0.15, -0.1) is 0 Å². The molecule has 0 aliphatic carbocycles. The highest BCUT2D eigenvalue weighted by Crippen LogP contribution is 2.28. The second-order valence-electron chi connectivity index (χ2n) is 6.93. The first-order valence-electron chi connectivity index (χ1n) is 9.24. The maximum atomic E-state index is 12.6. The Balaban J connectivity index is 1.70. The molecule has 156 valence electrons. The van der Waals surface area contributed by atoms with Crippen molar-refractivity contribution >= 4 is 38.9 Å². The first kappa shape index (κ1) is 21.8. The van der Waals surface area contributed by atoms with E-state index < -0.39 is 15.9 Å². The van der Waals surface area contributed by atoms with E-state index in [0.717, 1.165) is 28.1 Å². The molecule has 0 fully saturated rings. The highest BCUT2D eigenvalue weighted by molar-refractivity contribution is 7.92. The fourth-order valence-corrected chi connectivity index (χ4v) is 4.10. The number of anilines is 2. The lowest BCUT2D eigenvalue weighted by atomic mass is 10.1. The zero-order chi connectivity index (χ0) is 21.7. The normalized spacial score (nSPS) is 11.2. The van der Waals surface area contributed by atoms with Crippen LogP contribution in [0.1, 0.15) is 16.7 Å². The lowest BCUT2D eigenvalue weighted by Gasteiger charge is -2.24. The van der Waals surface area contributed by atoms with Gasteiger partial charge in [0.05, 0.1) is 11.9 Å². The molecule has 0 aliphatic rings. The minimum Gasteiger partial charge on any atom is -0.325 e. The first-order chi connectivity index (χ1) is 14.2. The molecule has 0 radical (unpaired) electrons. The predicted molar refractivity (Wildman–Crippen MR) is 120 cm³/mol. The molecule has 1 heterocycles. The van der Waals surface area contributed by atoms with Crippen LogP contribution in [0.3, 0.4) is 0 Å². The summed E-state index contributed by atoms with van der Waals surface area (Å²) in [4.78, 5) is 16.6. The van der Waals surface area contributed by atoms with Gasteiger partial charge in [-0.05, 0) is 66.4 Å². The highest BCUT2D eigenvalue weighted by atomic mass is 35.5. The Bertz CT molecular complexity index is 1130. The van der Waals surface area contributed by atoms with Gasteiger partial charge in [-0.3, -0.25) is 14.1 Å². The summed E-state index contributed by atoms with van der Waals surface area (Å²) in [6.45, 7) is 1.37. The van der Waals surface area contributed by atoms with Crippen LogP contribution in [0, 0.1) is 6.92 Å². The van der Waals surface area contributed by atoms with Crippen molar-refractivity contribution in [2.75, 3.05) is 22.4 Å². The lowest BCUT2D eigenvalue weighted by molar-refractivity contribution is -0.114. The number of hydrogen-bond donors (Lipinski definition) is 1. The van der Waals surface area contributed by atoms with Crippen molar-refractivity contribution in [3.63, 3.8) is 0 Å². The van der Waals surface area contributed by atoms with Crippen molar-refractivity contribution in [3.05, 3.63) is 88.7 Å². The van der Waals surface area contributed by atoms with Crippen molar-refractivity contribution in [2.45, 2.75) is 13.3 Å². The average Bonchev–Trinajstić information content (AvgIpc) is 2.70. The number of halogens is 1. The minimum absolute atomic E-state index is 0.348. The van der Waals surface area contributed by atoms with E-state index in [1.54, 1.807) is 49.6 Å². The molecule has 1 aromatic heterocycles. The number of rotatable bonds is 7. The number of carbonyl (C=O) groups is 1. The Kier molecular flexibility index (Phi) is 6.74. The predicted octanol–water partition coefficient (Wildman–Crippen LogP) is 4.04. The molecule has 0 atom stereocenters. The number of nitrogens with one attached hydrogen (secondary N) is 1. The number of carbonyl (C=O) groups excluding carboxylic acids is 1. The number of amides is 1. The molecule has 8 heteroatoms. The van der Waals surface area contributed by atoms with Crippen LogP contribution in [-0.4, -0.2) is 32.1 Å². The zero-order valence-electron chi connectivity index (χ0n) is 16.7. The summed E-state index contributed by atoms with van der Waals surface area (Å²) in [6, 6.07) is 16.3. The van der Waals surface area contributed by atoms with Gasteiger partial charge in [-0.25, -0.2) is 8.42 Å². The first-order valence-corrected chi connectivity index (χ1v) is 11.5. The molecule has 0 saturated carbocycles. The van der Waals surface area contributed by atoms with Gasteiger partial charge in [0.25, 0.3) is 0 Å². The average molecular weight is 444 g/mol. The van der Waals surface area contributed by atoms with Gasteiger partial charge in [-0.1, -0.05) is 29.8 Å². The van der Waals surface area contributed by atoms with Gasteiger partial charge < -0.3 is 5.32 Å². The van der Waals surface area contributed by atoms with Crippen molar-refractivity contribution in [1.29, 1.82) is 0 Å². The molecule has 0 unspecified atom stereocenters. The summed E-state index contributed by atoms with van der Waals surface area (Å²) in [5, 5.41) is 3.19. The lowest BCUT2D eigenvalue weighted by Crippen LogP contribution is -2.37. The molecule has 3 aromatic rings. The van der Waals surface area contributed by atoms with Gasteiger partial charge in [-0.2, -0.15) is 0 Å². The van der Waals surface area contributed by atoms with Crippen LogP contribution < -0.4 is 9.62 Å². The number of pyridine rings is 1. The van der Waals surface area contributed by atoms with Crippen LogP contribution in [0.15, 0.2) is 67.0 Å². The second kappa shape index (κ2) is 9.28. The van der Waals surface area contributed by atoms with E-state index in [9.17, 15) is 13.2 Å². The molecule has 2 aromatic carbocycles. The van der Waals surface area contributed by atoms with E-state index in [1.807, 2.05) is 24.3 Å². The summed E-state index contributed by atoms with van der Waals surface area (Å²) < 4.78 is 25.7. The second-order valence-corrected chi connectivity index (χ2v) is 9.24. The number of benzene rings is 2. The molecule has 1 N–H and O–H groups in total. The third kappa shape index (κ3) is 5.58. The standard InChI is InChI=1S/C22H22ClN3O3S/c1-16-20(23)4-3-5-21(16)26(30(2,28)29)15-22(27)25-19-8-6-17(7-9-19)14-18-10-12-24-13-11-18/h3-13H,14-15H2,1-2H3,(H,25,27). The molecule has 30 heavy (non-hydrogen) atoms. The van der Waals surface area contributed by atoms with Crippen molar-refractivity contribution in [3.8, 4) is 0 Å². The van der Waals surface area contributed by atoms with E-state index in [2.05, 4.69) is 10.3 Å². The molecule has 3 rings (SSSR count). The van der Waals surface area contributed by atoms with Gasteiger partial charge in [0.2, 0.25) is 15.9 Å². The molecule has 0 spiro atoms. The van der Waals surface area contributed by atoms with Crippen LogP contribution >= 0.6 is 11.6 Å². The molecule has 6 nitrogen and oxygen atoms in total. The summed E-state index contributed by atoms with van der Waals surface area (Å²) in [7, 11) is -3.68. The Morgan fingerprint density at radius 1 is 1.03 bits per heavy atom. The van der Waals surface area contributed by atoms with Crippen LogP contribution in [0.2, 0.25) is 5.02 Å². The largest absolute Gasteiger partial charge is 0.325 e. The Morgan fingerprint density at radius 3 is 2.30 bits per heavy atom. The fourth-order valence-electron chi connectivity index (χ4n) is 3.02. The SMILES string of the molecule is Cc1c(Cl)cccc1N(CC(=O)Nc1ccc(Cc2ccncc2)cc1)S(C)(=O)=O. The summed E-state index contributed by atoms with van der Waals surface area (Å²) in [5.41, 5.74) is 3.80. The van der Waals surface area contributed by atoms with Crippen LogP contribution in [0.5, 0.6) is 0 Å². The molecule has 0 saturated heterocycles. The van der Waals surface area contributed by atoms with Crippen molar-refractivity contribution in [1.82, 2.24) is 4.98 Å². The van der Waals surface area contributed by atoms with E-state index >= 15 is 0 Å². The van der Waals surface area contributed by atoms with Crippen LogP contribution in [-0.2, 0) is 21.2 Å². The highest BCUT2D eigenvalue weighted by Gasteiger charge is 2.23. The Hall–Kier alpha value is -2.90. The quantitative estimate of drug-likeness (QED) is 0.597. The van der Waals surface area contributed by atoms with E-state index in [-0.39, 0.29) is 6.54 Å². The third-order valence-electron chi connectivity index (χ3n) is 4.59. The molecule has 0 bridgehead atoms. The van der Waals surface area contributed by atoms with E-state index in [4.69, 9.17) is 11.6 Å². The van der Waals surface area contributed by atoms with Crippen molar-refractivity contribution < 1.29 is 13.2 Å². The monoisotopic (exact) mass is 443 g/mol. The van der Waals surface area contributed by atoms with Gasteiger partial charge >= 0.3 is 0 Å². The van der Waals surface area contributed by atoms with E-state index in [0.29, 0.717) is 22.0 Å². The van der Waals surface area contributed by atoms with Crippen LogP contribution in [0.4, 0.5) is 11.4 Å². The van der Waals surface area contributed by atoms with Gasteiger partial charge in [0, 0.05) is 23.1 Å². The van der Waals surface area contributed by atoms with Gasteiger partial charge in [0.1, 0.15) is 6.54 Å². The zero-order valence-corrected chi connectivity index (χ0v) is 18.2. The molecule has 0 aliphatic heterocycles. The third-order valence-corrected chi connectivity index (χ3v) is 6.13. The van der Waals surface area contributed by atoms with Gasteiger partial charge in [0.15, 0.2) is 0 Å². The number of sulfonamides is 1. The minimum atomic E-state index is -3.68. The smallest absolute Gasteiger partial charge is 0.245 e.